The number of hydrogen-bond acceptors (Lipinski definition) is 6. The molecule has 1 amide bonds. The van der Waals surface area contributed by atoms with Gasteiger partial charge in [-0.1, -0.05) is 41.6 Å². The Hall–Kier alpha value is -2.25. The number of esters is 1. The van der Waals surface area contributed by atoms with Crippen LogP contribution in [0.15, 0.2) is 51.6 Å². The zero-order valence-electron chi connectivity index (χ0n) is 15.3. The van der Waals surface area contributed by atoms with E-state index in [-0.39, 0.29) is 12.3 Å². The number of amidine groups is 1. The normalized spacial score (nSPS) is 18.7. The van der Waals surface area contributed by atoms with Crippen molar-refractivity contribution in [1.29, 1.82) is 0 Å². The SMILES string of the molecule is CCNC(=O)CC1=CSC2=NC(C)=C(C(=O)OC)C(c3ccccc3Cl)N12. The van der Waals surface area contributed by atoms with E-state index < -0.39 is 12.0 Å². The molecule has 0 saturated carbocycles. The molecule has 142 valence electrons. The number of benzene rings is 1. The Labute approximate surface area is 167 Å². The summed E-state index contributed by atoms with van der Waals surface area (Å²) in [7, 11) is 1.34. The second-order valence-electron chi connectivity index (χ2n) is 6.04. The average molecular weight is 406 g/mol. The van der Waals surface area contributed by atoms with Gasteiger partial charge < -0.3 is 15.0 Å². The third kappa shape index (κ3) is 3.75. The van der Waals surface area contributed by atoms with E-state index in [9.17, 15) is 9.59 Å². The van der Waals surface area contributed by atoms with E-state index in [2.05, 4.69) is 10.3 Å². The van der Waals surface area contributed by atoms with E-state index in [4.69, 9.17) is 16.3 Å². The number of amides is 1. The van der Waals surface area contributed by atoms with Crippen molar-refractivity contribution in [3.05, 3.63) is 57.2 Å². The fourth-order valence-corrected chi connectivity index (χ4v) is 4.36. The summed E-state index contributed by atoms with van der Waals surface area (Å²) in [5.74, 6) is -0.552. The predicted octanol–water partition coefficient (Wildman–Crippen LogP) is 3.61. The number of halogens is 1. The van der Waals surface area contributed by atoms with Gasteiger partial charge in [0.05, 0.1) is 30.8 Å². The molecule has 0 spiro atoms. The lowest BCUT2D eigenvalue weighted by Crippen LogP contribution is -2.38. The van der Waals surface area contributed by atoms with Crippen molar-refractivity contribution >= 4 is 40.4 Å². The molecule has 0 aromatic heterocycles. The van der Waals surface area contributed by atoms with Gasteiger partial charge in [-0.3, -0.25) is 4.79 Å². The predicted molar refractivity (Wildman–Crippen MR) is 107 cm³/mol. The first-order valence-electron chi connectivity index (χ1n) is 8.51. The number of aliphatic imine (C=N–C) groups is 1. The first kappa shape index (κ1) is 19.5. The number of allylic oxidation sites excluding steroid dienone is 1. The van der Waals surface area contributed by atoms with Crippen molar-refractivity contribution in [3.63, 3.8) is 0 Å². The minimum atomic E-state index is -0.505. The Balaban J connectivity index is 2.09. The van der Waals surface area contributed by atoms with Crippen molar-refractivity contribution < 1.29 is 14.3 Å². The number of nitrogens with zero attached hydrogens (tertiary/aromatic N) is 2. The van der Waals surface area contributed by atoms with E-state index in [1.807, 2.05) is 35.4 Å². The van der Waals surface area contributed by atoms with Crippen molar-refractivity contribution in [1.82, 2.24) is 10.2 Å². The highest BCUT2D eigenvalue weighted by molar-refractivity contribution is 8.16. The van der Waals surface area contributed by atoms with E-state index >= 15 is 0 Å². The van der Waals surface area contributed by atoms with Gasteiger partial charge in [-0.15, -0.1) is 0 Å². The number of thioether (sulfide) groups is 1. The van der Waals surface area contributed by atoms with Gasteiger partial charge in [-0.25, -0.2) is 9.79 Å². The smallest absolute Gasteiger partial charge is 0.338 e. The van der Waals surface area contributed by atoms with Crippen molar-refractivity contribution in [2.24, 2.45) is 4.99 Å². The molecule has 1 unspecified atom stereocenters. The summed E-state index contributed by atoms with van der Waals surface area (Å²) in [6, 6.07) is 6.85. The lowest BCUT2D eigenvalue weighted by atomic mass is 9.94. The lowest BCUT2D eigenvalue weighted by molar-refractivity contribution is -0.136. The maximum absolute atomic E-state index is 12.6. The highest BCUT2D eigenvalue weighted by atomic mass is 35.5. The highest BCUT2D eigenvalue weighted by Gasteiger charge is 2.41. The van der Waals surface area contributed by atoms with E-state index in [1.54, 1.807) is 13.0 Å². The molecule has 0 bridgehead atoms. The van der Waals surface area contributed by atoms with Gasteiger partial charge in [0.2, 0.25) is 5.91 Å². The maximum Gasteiger partial charge on any atom is 0.338 e. The Kier molecular flexibility index (Phi) is 5.92. The lowest BCUT2D eigenvalue weighted by Gasteiger charge is -2.36. The summed E-state index contributed by atoms with van der Waals surface area (Å²) in [6.07, 6.45) is 0.189. The molecule has 27 heavy (non-hydrogen) atoms. The summed E-state index contributed by atoms with van der Waals surface area (Å²) < 4.78 is 5.01. The second-order valence-corrected chi connectivity index (χ2v) is 7.28. The Morgan fingerprint density at radius 2 is 2.11 bits per heavy atom. The van der Waals surface area contributed by atoms with Gasteiger partial charge in [-0.05, 0) is 30.9 Å². The van der Waals surface area contributed by atoms with Crippen LogP contribution in [0.4, 0.5) is 0 Å². The van der Waals surface area contributed by atoms with E-state index in [0.29, 0.717) is 28.0 Å². The number of carbonyl (C=O) groups is 2. The summed E-state index contributed by atoms with van der Waals surface area (Å²) in [6.45, 7) is 4.21. The molecular formula is C19H20ClN3O3S. The molecule has 6 nitrogen and oxygen atoms in total. The van der Waals surface area contributed by atoms with Crippen LogP contribution >= 0.6 is 23.4 Å². The van der Waals surface area contributed by atoms with Crippen LogP contribution in [0.5, 0.6) is 0 Å². The molecule has 0 saturated heterocycles. The molecule has 0 fully saturated rings. The molecule has 2 aliphatic heterocycles. The summed E-state index contributed by atoms with van der Waals surface area (Å²) in [5.41, 5.74) is 2.52. The van der Waals surface area contributed by atoms with Crippen LogP contribution in [0.1, 0.15) is 31.9 Å². The van der Waals surface area contributed by atoms with Gasteiger partial charge in [0, 0.05) is 17.3 Å². The minimum Gasteiger partial charge on any atom is -0.466 e. The molecule has 3 rings (SSSR count). The standard InChI is InChI=1S/C19H20ClN3O3S/c1-4-21-15(24)9-12-10-27-19-22-11(2)16(18(25)26-3)17(23(12)19)13-7-5-6-8-14(13)20/h5-8,10,17H,4,9H2,1-3H3,(H,21,24). The monoisotopic (exact) mass is 405 g/mol. The third-order valence-electron chi connectivity index (χ3n) is 4.32. The zero-order chi connectivity index (χ0) is 19.6. The molecule has 0 radical (unpaired) electrons. The fourth-order valence-electron chi connectivity index (χ4n) is 3.16. The van der Waals surface area contributed by atoms with Crippen LogP contribution in [0.25, 0.3) is 0 Å². The number of nitrogens with one attached hydrogen (secondary N) is 1. The molecule has 1 aromatic rings. The van der Waals surface area contributed by atoms with Crippen molar-refractivity contribution in [2.75, 3.05) is 13.7 Å². The van der Waals surface area contributed by atoms with Gasteiger partial charge >= 0.3 is 5.97 Å². The number of carbonyl (C=O) groups excluding carboxylic acids is 2. The number of ether oxygens (including phenoxy) is 1. The summed E-state index contributed by atoms with van der Waals surface area (Å²) in [5, 5.41) is 5.94. The topological polar surface area (TPSA) is 71.0 Å². The molecule has 1 aromatic carbocycles. The summed E-state index contributed by atoms with van der Waals surface area (Å²) in [4.78, 5) is 31.2. The maximum atomic E-state index is 12.6. The number of hydrogen-bond donors (Lipinski definition) is 1. The molecule has 2 aliphatic rings. The van der Waals surface area contributed by atoms with Gasteiger partial charge in [0.25, 0.3) is 0 Å². The molecular weight excluding hydrogens is 386 g/mol. The van der Waals surface area contributed by atoms with Crippen LogP contribution in [-0.4, -0.2) is 35.6 Å². The molecule has 0 aliphatic carbocycles. The van der Waals surface area contributed by atoms with Gasteiger partial charge in [0.1, 0.15) is 0 Å². The molecule has 1 N–H and O–H groups in total. The Morgan fingerprint density at radius 1 is 1.37 bits per heavy atom. The van der Waals surface area contributed by atoms with Gasteiger partial charge in [0.15, 0.2) is 5.17 Å². The first-order chi connectivity index (χ1) is 13.0. The quantitative estimate of drug-likeness (QED) is 0.757. The summed E-state index contributed by atoms with van der Waals surface area (Å²) >= 11 is 7.89. The van der Waals surface area contributed by atoms with Crippen molar-refractivity contribution in [3.8, 4) is 0 Å². The first-order valence-corrected chi connectivity index (χ1v) is 9.77. The number of fused-ring (bicyclic) bond motifs is 1. The van der Waals surface area contributed by atoms with Gasteiger partial charge in [-0.2, -0.15) is 0 Å². The Morgan fingerprint density at radius 3 is 2.78 bits per heavy atom. The van der Waals surface area contributed by atoms with E-state index in [0.717, 1.165) is 11.3 Å². The largest absolute Gasteiger partial charge is 0.466 e. The zero-order valence-corrected chi connectivity index (χ0v) is 16.9. The van der Waals surface area contributed by atoms with E-state index in [1.165, 1.54) is 18.9 Å². The molecule has 8 heteroatoms. The number of methoxy groups -OCH3 is 1. The van der Waals surface area contributed by atoms with Crippen LogP contribution in [0, 0.1) is 0 Å². The highest BCUT2D eigenvalue weighted by Crippen LogP contribution is 2.46. The molecule has 2 heterocycles. The van der Waals surface area contributed by atoms with Crippen LogP contribution in [0.2, 0.25) is 5.02 Å². The van der Waals surface area contributed by atoms with Crippen LogP contribution < -0.4 is 5.32 Å². The van der Waals surface area contributed by atoms with Crippen molar-refractivity contribution in [2.45, 2.75) is 26.3 Å². The second kappa shape index (κ2) is 8.19. The average Bonchev–Trinajstić information content (AvgIpc) is 3.03. The Bertz CT molecular complexity index is 879. The third-order valence-corrected chi connectivity index (χ3v) is 5.55. The fraction of sp³-hybridized carbons (Fsp3) is 0.316. The van der Waals surface area contributed by atoms with Crippen LogP contribution in [0.3, 0.4) is 0 Å². The number of rotatable bonds is 5. The molecule has 1 atom stereocenters. The van der Waals surface area contributed by atoms with Crippen LogP contribution in [-0.2, 0) is 14.3 Å². The minimum absolute atomic E-state index is 0.0885.